The Morgan fingerprint density at radius 3 is 2.54 bits per heavy atom. The van der Waals surface area contributed by atoms with Gasteiger partial charge in [0.2, 0.25) is 0 Å². The van der Waals surface area contributed by atoms with Crippen LogP contribution in [0.1, 0.15) is 33.6 Å². The van der Waals surface area contributed by atoms with E-state index in [1.807, 2.05) is 26.8 Å². The van der Waals surface area contributed by atoms with E-state index in [1.54, 1.807) is 23.1 Å². The highest BCUT2D eigenvalue weighted by atomic mass is 16.6. The number of anilines is 1. The number of nitrogens with one attached hydrogen (secondary N) is 1. The number of rotatable bonds is 8. The topological polar surface area (TPSA) is 118 Å². The van der Waals surface area contributed by atoms with Crippen LogP contribution < -0.4 is 10.1 Å². The van der Waals surface area contributed by atoms with Gasteiger partial charge < -0.3 is 34.4 Å². The van der Waals surface area contributed by atoms with Crippen molar-refractivity contribution in [1.82, 2.24) is 9.80 Å². The van der Waals surface area contributed by atoms with Crippen molar-refractivity contribution in [3.63, 3.8) is 0 Å². The van der Waals surface area contributed by atoms with Crippen LogP contribution in [0.4, 0.5) is 10.5 Å². The van der Waals surface area contributed by atoms with Gasteiger partial charge in [-0.15, -0.1) is 0 Å². The molecule has 1 aromatic carbocycles. The van der Waals surface area contributed by atoms with E-state index in [0.717, 1.165) is 12.8 Å². The third kappa shape index (κ3) is 7.11. The first-order valence-electron chi connectivity index (χ1n) is 11.8. The first-order valence-corrected chi connectivity index (χ1v) is 11.8. The number of β-amino-alcohol motifs (C(OH)–C–C–N with tert-alkyl or cyclic N) is 1. The fourth-order valence-electron chi connectivity index (χ4n) is 3.98. The van der Waals surface area contributed by atoms with Crippen LogP contribution >= 0.6 is 0 Å². The summed E-state index contributed by atoms with van der Waals surface area (Å²) in [6, 6.07) is 7.16. The van der Waals surface area contributed by atoms with Crippen LogP contribution in [0.25, 0.3) is 0 Å². The van der Waals surface area contributed by atoms with Gasteiger partial charge in [0.1, 0.15) is 17.0 Å². The largest absolute Gasteiger partial charge is 0.493 e. The van der Waals surface area contributed by atoms with Gasteiger partial charge in [0.25, 0.3) is 5.91 Å². The summed E-state index contributed by atoms with van der Waals surface area (Å²) in [5, 5.41) is 12.2. The molecule has 2 heterocycles. The van der Waals surface area contributed by atoms with Crippen molar-refractivity contribution >= 4 is 23.7 Å². The van der Waals surface area contributed by atoms with Crippen LogP contribution in [0, 0.1) is 5.92 Å². The van der Waals surface area contributed by atoms with E-state index < -0.39 is 11.6 Å². The lowest BCUT2D eigenvalue weighted by atomic mass is 9.98. The quantitative estimate of drug-likeness (QED) is 0.535. The molecule has 1 saturated heterocycles. The van der Waals surface area contributed by atoms with Crippen molar-refractivity contribution in [1.29, 1.82) is 0 Å². The molecule has 0 bridgehead atoms. The number of ether oxygens (including phenoxy) is 3. The third-order valence-corrected chi connectivity index (χ3v) is 5.81. The maximum atomic E-state index is 12.7. The molecule has 35 heavy (non-hydrogen) atoms. The van der Waals surface area contributed by atoms with Crippen LogP contribution in [0.15, 0.2) is 35.5 Å². The Morgan fingerprint density at radius 1 is 1.20 bits per heavy atom. The monoisotopic (exact) mass is 489 g/mol. The molecule has 2 aliphatic rings. The molecule has 2 N–H and O–H groups in total. The number of hydrogen-bond donors (Lipinski definition) is 2. The summed E-state index contributed by atoms with van der Waals surface area (Å²) in [6.07, 6.45) is 1.36. The molecule has 192 valence electrons. The van der Waals surface area contributed by atoms with Gasteiger partial charge in [0.05, 0.1) is 32.4 Å². The minimum atomic E-state index is -0.591. The number of amides is 2. The van der Waals surface area contributed by atoms with Crippen molar-refractivity contribution in [2.45, 2.75) is 39.2 Å². The molecular formula is C25H35N3O7. The van der Waals surface area contributed by atoms with Gasteiger partial charge in [-0.05, 0) is 51.7 Å². The van der Waals surface area contributed by atoms with Crippen molar-refractivity contribution < 1.29 is 33.7 Å². The lowest BCUT2D eigenvalue weighted by Gasteiger charge is -2.33. The maximum absolute atomic E-state index is 12.7. The van der Waals surface area contributed by atoms with E-state index in [0.29, 0.717) is 37.1 Å². The Hall–Kier alpha value is -3.27. The van der Waals surface area contributed by atoms with E-state index >= 15 is 0 Å². The van der Waals surface area contributed by atoms with Crippen LogP contribution in [0.2, 0.25) is 0 Å². The molecule has 10 nitrogen and oxygen atoms in total. The first-order chi connectivity index (χ1) is 16.6. The van der Waals surface area contributed by atoms with Crippen molar-refractivity contribution in [2.24, 2.45) is 5.92 Å². The number of nitrogens with zero attached hydrogens (tertiary/aromatic N) is 2. The Labute approximate surface area is 205 Å². The van der Waals surface area contributed by atoms with E-state index in [9.17, 15) is 19.5 Å². The van der Waals surface area contributed by atoms with E-state index in [4.69, 9.17) is 14.2 Å². The third-order valence-electron chi connectivity index (χ3n) is 5.81. The molecule has 2 aliphatic heterocycles. The fourth-order valence-corrected chi connectivity index (χ4v) is 3.98. The van der Waals surface area contributed by atoms with Crippen molar-refractivity contribution in [3.05, 3.63) is 35.5 Å². The lowest BCUT2D eigenvalue weighted by Crippen LogP contribution is -2.42. The van der Waals surface area contributed by atoms with Crippen molar-refractivity contribution in [2.75, 3.05) is 51.8 Å². The summed E-state index contributed by atoms with van der Waals surface area (Å²) in [4.78, 5) is 40.2. The standard InChI is InChI=1S/C25H35N3O7/c1-25(2,3)35-24(32)27-10-8-17(9-11-27)16-34-19-7-5-6-18(14-19)26-21-20(23(31)33-4)15-28(12-13-29)22(21)30/h5-7,14,17,26,29H,8-13,15-16H2,1-4H3. The lowest BCUT2D eigenvalue weighted by molar-refractivity contribution is -0.136. The zero-order valence-corrected chi connectivity index (χ0v) is 20.8. The minimum absolute atomic E-state index is 0.0760. The fraction of sp³-hybridized carbons (Fsp3) is 0.560. The maximum Gasteiger partial charge on any atom is 0.410 e. The van der Waals surface area contributed by atoms with Gasteiger partial charge in [-0.1, -0.05) is 6.07 Å². The highest BCUT2D eigenvalue weighted by Gasteiger charge is 2.34. The summed E-state index contributed by atoms with van der Waals surface area (Å²) in [5.41, 5.74) is 0.438. The van der Waals surface area contributed by atoms with Crippen LogP contribution in [0.3, 0.4) is 0 Å². The highest BCUT2D eigenvalue weighted by molar-refractivity contribution is 6.08. The number of aliphatic hydroxyl groups excluding tert-OH is 1. The number of esters is 1. The Balaban J connectivity index is 1.57. The summed E-state index contributed by atoms with van der Waals surface area (Å²) >= 11 is 0. The number of aliphatic hydroxyl groups is 1. The predicted molar refractivity (Wildman–Crippen MR) is 129 cm³/mol. The summed E-state index contributed by atoms with van der Waals surface area (Å²) < 4.78 is 16.3. The zero-order chi connectivity index (χ0) is 25.6. The Kier molecular flexibility index (Phi) is 8.61. The van der Waals surface area contributed by atoms with Gasteiger partial charge in [0.15, 0.2) is 0 Å². The van der Waals surface area contributed by atoms with Gasteiger partial charge in [-0.25, -0.2) is 9.59 Å². The van der Waals surface area contributed by atoms with Crippen LogP contribution in [-0.4, -0.2) is 85.0 Å². The molecule has 0 atom stereocenters. The number of carbonyl (C=O) groups is 3. The van der Waals surface area contributed by atoms with E-state index in [-0.39, 0.29) is 43.0 Å². The minimum Gasteiger partial charge on any atom is -0.493 e. The molecule has 3 rings (SSSR count). The van der Waals surface area contributed by atoms with Crippen LogP contribution in [-0.2, 0) is 19.1 Å². The molecule has 10 heteroatoms. The molecular weight excluding hydrogens is 454 g/mol. The smallest absolute Gasteiger partial charge is 0.410 e. The molecule has 1 aromatic rings. The number of likely N-dealkylation sites (tertiary alicyclic amines) is 1. The van der Waals surface area contributed by atoms with Gasteiger partial charge in [-0.3, -0.25) is 4.79 Å². The second kappa shape index (κ2) is 11.4. The number of carbonyl (C=O) groups excluding carboxylic acids is 3. The van der Waals surface area contributed by atoms with Crippen LogP contribution in [0.5, 0.6) is 5.75 Å². The number of hydrogen-bond acceptors (Lipinski definition) is 8. The molecule has 0 aromatic heterocycles. The summed E-state index contributed by atoms with van der Waals surface area (Å²) in [5.74, 6) is -0.0289. The number of methoxy groups -OCH3 is 1. The zero-order valence-electron chi connectivity index (χ0n) is 20.8. The highest BCUT2D eigenvalue weighted by Crippen LogP contribution is 2.26. The number of piperidine rings is 1. The SMILES string of the molecule is COC(=O)C1=C(Nc2cccc(OCC3CCN(C(=O)OC(C)(C)C)CC3)c2)C(=O)N(CCO)C1. The Bertz CT molecular complexity index is 962. The van der Waals surface area contributed by atoms with Gasteiger partial charge >= 0.3 is 12.1 Å². The molecule has 0 aliphatic carbocycles. The predicted octanol–water partition coefficient (Wildman–Crippen LogP) is 2.39. The second-order valence-electron chi connectivity index (χ2n) is 9.67. The molecule has 2 amide bonds. The van der Waals surface area contributed by atoms with Gasteiger partial charge in [-0.2, -0.15) is 0 Å². The average molecular weight is 490 g/mol. The normalized spacial score (nSPS) is 17.0. The molecule has 0 unspecified atom stereocenters. The molecule has 0 saturated carbocycles. The summed E-state index contributed by atoms with van der Waals surface area (Å²) in [7, 11) is 1.26. The first kappa shape index (κ1) is 26.3. The average Bonchev–Trinajstić information content (AvgIpc) is 3.12. The van der Waals surface area contributed by atoms with Gasteiger partial charge in [0, 0.05) is 31.4 Å². The molecule has 1 fully saturated rings. The van der Waals surface area contributed by atoms with Crippen molar-refractivity contribution in [3.8, 4) is 5.75 Å². The van der Waals surface area contributed by atoms with E-state index in [1.165, 1.54) is 12.0 Å². The number of benzene rings is 1. The van der Waals surface area contributed by atoms with E-state index in [2.05, 4.69) is 5.32 Å². The Morgan fingerprint density at radius 2 is 1.91 bits per heavy atom. The summed E-state index contributed by atoms with van der Waals surface area (Å²) in [6.45, 7) is 7.33. The molecule has 0 radical (unpaired) electrons. The second-order valence-corrected chi connectivity index (χ2v) is 9.67. The molecule has 0 spiro atoms.